The first-order valence-electron chi connectivity index (χ1n) is 10.4. The van der Waals surface area contributed by atoms with Crippen LogP contribution in [0.25, 0.3) is 21.9 Å². The number of nitrogens with zero attached hydrogens (tertiary/aromatic N) is 3. The van der Waals surface area contributed by atoms with E-state index in [4.69, 9.17) is 30.8 Å². The Kier molecular flexibility index (Phi) is 5.45. The predicted octanol–water partition coefficient (Wildman–Crippen LogP) is 5.09. The summed E-state index contributed by atoms with van der Waals surface area (Å²) in [7, 11) is 1.62. The van der Waals surface area contributed by atoms with Crippen molar-refractivity contribution in [2.24, 2.45) is 0 Å². The fraction of sp³-hybridized carbons (Fsp3) is 0.292. The molecule has 8 heteroatoms. The van der Waals surface area contributed by atoms with Crippen LogP contribution in [0.15, 0.2) is 48.5 Å². The molecule has 2 atom stereocenters. The monoisotopic (exact) mass is 451 g/mol. The van der Waals surface area contributed by atoms with Crippen LogP contribution in [0.4, 0.5) is 0 Å². The van der Waals surface area contributed by atoms with Crippen LogP contribution in [0, 0.1) is 6.92 Å². The van der Waals surface area contributed by atoms with E-state index in [0.717, 1.165) is 40.6 Å². The van der Waals surface area contributed by atoms with E-state index in [2.05, 4.69) is 5.10 Å². The number of esters is 1. The van der Waals surface area contributed by atoms with Crippen LogP contribution in [0.1, 0.15) is 35.1 Å². The van der Waals surface area contributed by atoms with E-state index in [0.29, 0.717) is 16.2 Å². The zero-order chi connectivity index (χ0) is 22.2. The molecule has 0 N–H and O–H groups in total. The number of methoxy groups -OCH3 is 1. The van der Waals surface area contributed by atoms with Crippen LogP contribution in [0.3, 0.4) is 0 Å². The molecule has 32 heavy (non-hydrogen) atoms. The number of aromatic nitrogens is 3. The summed E-state index contributed by atoms with van der Waals surface area (Å²) in [6.07, 6.45) is 0.994. The molecule has 0 amide bonds. The van der Waals surface area contributed by atoms with E-state index in [1.807, 2.05) is 43.3 Å². The molecule has 0 saturated carbocycles. The molecule has 0 unspecified atom stereocenters. The lowest BCUT2D eigenvalue weighted by Crippen LogP contribution is -2.20. The van der Waals surface area contributed by atoms with E-state index in [-0.39, 0.29) is 24.9 Å². The largest absolute Gasteiger partial charge is 0.497 e. The van der Waals surface area contributed by atoms with Crippen molar-refractivity contribution in [2.45, 2.75) is 32.1 Å². The topological polar surface area (TPSA) is 75.5 Å². The van der Waals surface area contributed by atoms with Gasteiger partial charge in [0.25, 0.3) is 0 Å². The van der Waals surface area contributed by atoms with Crippen molar-refractivity contribution in [1.29, 1.82) is 0 Å². The molecule has 164 valence electrons. The normalized spacial score (nSPS) is 18.3. The first kappa shape index (κ1) is 20.7. The minimum Gasteiger partial charge on any atom is -0.497 e. The second-order valence-corrected chi connectivity index (χ2v) is 8.17. The molecule has 5 rings (SSSR count). The van der Waals surface area contributed by atoms with Gasteiger partial charge in [-0.15, -0.1) is 0 Å². The van der Waals surface area contributed by atoms with Crippen LogP contribution < -0.4 is 4.74 Å². The zero-order valence-electron chi connectivity index (χ0n) is 17.7. The highest BCUT2D eigenvalue weighted by molar-refractivity contribution is 6.40. The number of hydrogen-bond acceptors (Lipinski definition) is 6. The number of carbonyl (C=O) groups is 1. The molecular weight excluding hydrogens is 430 g/mol. The standard InChI is InChI=1S/C24H22ClN3O4/c1-14-21-22(25)18-12-16(30-2)8-10-19(18)26-23(21)28(27-14)20-11-9-17(32-20)13-31-24(29)15-6-4-3-5-7-15/h3-8,10,12,17,20H,9,11,13H2,1-2H3/t17-,20+/m0/s1. The Morgan fingerprint density at radius 2 is 2.03 bits per heavy atom. The first-order chi connectivity index (χ1) is 15.5. The van der Waals surface area contributed by atoms with Gasteiger partial charge in [-0.3, -0.25) is 0 Å². The van der Waals surface area contributed by atoms with Crippen molar-refractivity contribution in [3.8, 4) is 5.75 Å². The molecule has 0 spiro atoms. The van der Waals surface area contributed by atoms with Gasteiger partial charge in [0.15, 0.2) is 11.9 Å². The predicted molar refractivity (Wildman–Crippen MR) is 121 cm³/mol. The Hall–Kier alpha value is -3.16. The van der Waals surface area contributed by atoms with Gasteiger partial charge in [0, 0.05) is 5.39 Å². The Bertz CT molecular complexity index is 1310. The van der Waals surface area contributed by atoms with Crippen LogP contribution in [-0.2, 0) is 9.47 Å². The van der Waals surface area contributed by atoms with Crippen molar-refractivity contribution in [1.82, 2.24) is 14.8 Å². The lowest BCUT2D eigenvalue weighted by atomic mass is 10.1. The number of aryl methyl sites for hydroxylation is 1. The first-order valence-corrected chi connectivity index (χ1v) is 10.8. The molecular formula is C24H22ClN3O4. The molecule has 3 heterocycles. The van der Waals surface area contributed by atoms with E-state index >= 15 is 0 Å². The number of benzene rings is 2. The van der Waals surface area contributed by atoms with Crippen molar-refractivity contribution >= 4 is 39.5 Å². The molecule has 1 aliphatic heterocycles. The van der Waals surface area contributed by atoms with Gasteiger partial charge < -0.3 is 14.2 Å². The number of rotatable bonds is 5. The van der Waals surface area contributed by atoms with Crippen molar-refractivity contribution < 1.29 is 19.0 Å². The number of fused-ring (bicyclic) bond motifs is 2. The average Bonchev–Trinajstić information content (AvgIpc) is 3.42. The molecule has 7 nitrogen and oxygen atoms in total. The molecule has 2 aromatic carbocycles. The maximum absolute atomic E-state index is 12.2. The van der Waals surface area contributed by atoms with Gasteiger partial charge in [-0.25, -0.2) is 14.5 Å². The molecule has 0 bridgehead atoms. The second kappa shape index (κ2) is 8.41. The summed E-state index contributed by atoms with van der Waals surface area (Å²) >= 11 is 6.75. The van der Waals surface area contributed by atoms with Crippen LogP contribution in [0.2, 0.25) is 5.02 Å². The third-order valence-corrected chi connectivity index (χ3v) is 6.11. The van der Waals surface area contributed by atoms with Crippen molar-refractivity contribution in [3.63, 3.8) is 0 Å². The quantitative estimate of drug-likeness (QED) is 0.393. The van der Waals surface area contributed by atoms with Crippen LogP contribution in [-0.4, -0.2) is 40.6 Å². The lowest BCUT2D eigenvalue weighted by Gasteiger charge is -2.15. The maximum atomic E-state index is 12.2. The summed E-state index contributed by atoms with van der Waals surface area (Å²) in [6, 6.07) is 14.6. The summed E-state index contributed by atoms with van der Waals surface area (Å²) in [5.41, 5.74) is 2.75. The molecule has 4 aromatic rings. The fourth-order valence-electron chi connectivity index (χ4n) is 4.08. The molecule has 0 aliphatic carbocycles. The van der Waals surface area contributed by atoms with Gasteiger partial charge in [-0.1, -0.05) is 29.8 Å². The smallest absolute Gasteiger partial charge is 0.338 e. The Morgan fingerprint density at radius 3 is 2.81 bits per heavy atom. The Labute approximate surface area is 189 Å². The van der Waals surface area contributed by atoms with E-state index in [9.17, 15) is 4.79 Å². The number of hydrogen-bond donors (Lipinski definition) is 0. The SMILES string of the molecule is COc1ccc2nc3c(c(C)nn3[C@H]3CC[C@@H](COC(=O)c4ccccc4)O3)c(Cl)c2c1. The number of pyridine rings is 1. The van der Waals surface area contributed by atoms with Crippen molar-refractivity contribution in [3.05, 3.63) is 64.8 Å². The number of halogens is 1. The lowest BCUT2D eigenvalue weighted by molar-refractivity contribution is -0.0353. The average molecular weight is 452 g/mol. The third kappa shape index (κ3) is 3.67. The highest BCUT2D eigenvalue weighted by atomic mass is 35.5. The molecule has 1 saturated heterocycles. The number of ether oxygens (including phenoxy) is 3. The summed E-state index contributed by atoms with van der Waals surface area (Å²) < 4.78 is 18.7. The summed E-state index contributed by atoms with van der Waals surface area (Å²) in [5.74, 6) is 0.367. The summed E-state index contributed by atoms with van der Waals surface area (Å²) in [5, 5.41) is 6.90. The van der Waals surface area contributed by atoms with E-state index < -0.39 is 0 Å². The fourth-order valence-corrected chi connectivity index (χ4v) is 4.45. The Balaban J connectivity index is 1.37. The maximum Gasteiger partial charge on any atom is 0.338 e. The molecule has 1 aliphatic rings. The molecule has 0 radical (unpaired) electrons. The van der Waals surface area contributed by atoms with Gasteiger partial charge in [0.05, 0.1) is 40.4 Å². The zero-order valence-corrected chi connectivity index (χ0v) is 18.5. The summed E-state index contributed by atoms with van der Waals surface area (Å²) in [6.45, 7) is 2.10. The highest BCUT2D eigenvalue weighted by Gasteiger charge is 2.31. The minimum absolute atomic E-state index is 0.194. The van der Waals surface area contributed by atoms with Gasteiger partial charge >= 0.3 is 5.97 Å². The third-order valence-electron chi connectivity index (χ3n) is 5.71. The van der Waals surface area contributed by atoms with Gasteiger partial charge in [0.1, 0.15) is 12.4 Å². The summed E-state index contributed by atoms with van der Waals surface area (Å²) in [4.78, 5) is 17.0. The van der Waals surface area contributed by atoms with Crippen LogP contribution >= 0.6 is 11.6 Å². The van der Waals surface area contributed by atoms with Crippen molar-refractivity contribution in [2.75, 3.05) is 13.7 Å². The molecule has 1 fully saturated rings. The van der Waals surface area contributed by atoms with E-state index in [1.165, 1.54) is 0 Å². The van der Waals surface area contributed by atoms with Gasteiger partial charge in [0.2, 0.25) is 0 Å². The number of carbonyl (C=O) groups excluding carboxylic acids is 1. The van der Waals surface area contributed by atoms with E-state index in [1.54, 1.807) is 23.9 Å². The van der Waals surface area contributed by atoms with Crippen LogP contribution in [0.5, 0.6) is 5.75 Å². The van der Waals surface area contributed by atoms with Gasteiger partial charge in [-0.2, -0.15) is 5.10 Å². The highest BCUT2D eigenvalue weighted by Crippen LogP contribution is 2.37. The Morgan fingerprint density at radius 1 is 1.22 bits per heavy atom. The van der Waals surface area contributed by atoms with Gasteiger partial charge in [-0.05, 0) is 50.1 Å². The second-order valence-electron chi connectivity index (χ2n) is 7.79. The minimum atomic E-state index is -0.353. The molecule has 2 aromatic heterocycles.